The van der Waals surface area contributed by atoms with Gasteiger partial charge in [-0.05, 0) is 43.0 Å². The molecule has 8 heteroatoms. The van der Waals surface area contributed by atoms with Crippen molar-refractivity contribution in [2.75, 3.05) is 12.8 Å². The molecule has 1 fully saturated rings. The van der Waals surface area contributed by atoms with Crippen molar-refractivity contribution in [1.82, 2.24) is 4.98 Å². The minimum atomic E-state index is -2.64. The predicted molar refractivity (Wildman–Crippen MR) is 137 cm³/mol. The predicted octanol–water partition coefficient (Wildman–Crippen LogP) is 5.42. The Morgan fingerprint density at radius 1 is 1.17 bits per heavy atom. The van der Waals surface area contributed by atoms with E-state index < -0.39 is 26.5 Å². The standard InChI is InChI=1S/C28H27FNO5P/c1-18-26(19-11-13-22(29)14-12-19)24(8-5-15-35-36(34)17-23(31)16-25(32)33)28(21-9-10-21)30-27(18)20-6-3-2-4-7-20/h2-4,6-7,11-14,21,23,31,36H,9-10,15-17H2,1H3,(H,32,33)/t23-/m0/s1. The van der Waals surface area contributed by atoms with Gasteiger partial charge in [-0.2, -0.15) is 0 Å². The third-order valence-electron chi connectivity index (χ3n) is 5.94. The maximum absolute atomic E-state index is 13.7. The number of benzene rings is 2. The molecule has 2 N–H and O–H groups in total. The van der Waals surface area contributed by atoms with E-state index in [2.05, 4.69) is 11.8 Å². The van der Waals surface area contributed by atoms with Gasteiger partial charge < -0.3 is 14.7 Å². The maximum Gasteiger partial charge on any atom is 0.305 e. The fourth-order valence-electron chi connectivity index (χ4n) is 4.09. The number of aliphatic carboxylic acids is 1. The van der Waals surface area contributed by atoms with Crippen LogP contribution >= 0.6 is 8.03 Å². The van der Waals surface area contributed by atoms with Crippen molar-refractivity contribution >= 4 is 14.0 Å². The van der Waals surface area contributed by atoms with Gasteiger partial charge in [0.05, 0.1) is 29.5 Å². The molecule has 0 saturated heterocycles. The zero-order valence-corrected chi connectivity index (χ0v) is 20.8. The van der Waals surface area contributed by atoms with Gasteiger partial charge in [0.15, 0.2) is 8.03 Å². The first-order valence-electron chi connectivity index (χ1n) is 11.7. The number of hydrogen-bond acceptors (Lipinski definition) is 5. The minimum Gasteiger partial charge on any atom is -0.481 e. The smallest absolute Gasteiger partial charge is 0.305 e. The Labute approximate surface area is 210 Å². The van der Waals surface area contributed by atoms with E-state index in [-0.39, 0.29) is 24.5 Å². The van der Waals surface area contributed by atoms with E-state index in [0.717, 1.165) is 52.0 Å². The van der Waals surface area contributed by atoms with Crippen molar-refractivity contribution in [1.29, 1.82) is 0 Å². The molecule has 2 atom stereocenters. The average Bonchev–Trinajstić information content (AvgIpc) is 3.68. The lowest BCUT2D eigenvalue weighted by Crippen LogP contribution is -2.15. The SMILES string of the molecule is Cc1c(-c2ccccc2)nc(C2CC2)c(C#CCO[PH](=O)C[C@@H](O)CC(=O)O)c1-c1ccc(F)cc1. The molecule has 0 aliphatic heterocycles. The number of carboxylic acid groups (broad SMARTS) is 1. The second-order valence-electron chi connectivity index (χ2n) is 8.79. The monoisotopic (exact) mass is 507 g/mol. The van der Waals surface area contributed by atoms with E-state index >= 15 is 0 Å². The maximum atomic E-state index is 13.7. The largest absolute Gasteiger partial charge is 0.481 e. The van der Waals surface area contributed by atoms with Crippen LogP contribution in [0.4, 0.5) is 4.39 Å². The molecule has 1 aliphatic rings. The number of nitrogens with zero attached hydrogens (tertiary/aromatic N) is 1. The summed E-state index contributed by atoms with van der Waals surface area (Å²) in [6.45, 7) is 1.85. The van der Waals surface area contributed by atoms with E-state index in [1.807, 2.05) is 37.3 Å². The number of carbonyl (C=O) groups is 1. The first-order chi connectivity index (χ1) is 17.3. The molecule has 0 bridgehead atoms. The van der Waals surface area contributed by atoms with E-state index in [1.54, 1.807) is 12.1 Å². The Hall–Kier alpha value is -3.30. The lowest BCUT2D eigenvalue weighted by atomic mass is 9.90. The fourth-order valence-corrected chi connectivity index (χ4v) is 4.97. The van der Waals surface area contributed by atoms with Crippen LogP contribution in [0.3, 0.4) is 0 Å². The Morgan fingerprint density at radius 3 is 2.50 bits per heavy atom. The van der Waals surface area contributed by atoms with Crippen molar-refractivity contribution in [3.63, 3.8) is 0 Å². The number of aromatic nitrogens is 1. The van der Waals surface area contributed by atoms with Gasteiger partial charge in [0.1, 0.15) is 12.4 Å². The molecule has 1 unspecified atom stereocenters. The highest BCUT2D eigenvalue weighted by Gasteiger charge is 2.31. The van der Waals surface area contributed by atoms with Gasteiger partial charge in [-0.3, -0.25) is 14.3 Å². The number of carboxylic acids is 1. The lowest BCUT2D eigenvalue weighted by molar-refractivity contribution is -0.138. The van der Waals surface area contributed by atoms with E-state index in [4.69, 9.17) is 14.6 Å². The van der Waals surface area contributed by atoms with Crippen LogP contribution < -0.4 is 0 Å². The van der Waals surface area contributed by atoms with Gasteiger partial charge >= 0.3 is 5.97 Å². The highest BCUT2D eigenvalue weighted by atomic mass is 31.1. The Balaban J connectivity index is 1.69. The average molecular weight is 507 g/mol. The van der Waals surface area contributed by atoms with Gasteiger partial charge in [-0.25, -0.2) is 4.39 Å². The molecule has 1 aromatic heterocycles. The van der Waals surface area contributed by atoms with E-state index in [9.17, 15) is 18.9 Å². The topological polar surface area (TPSA) is 96.7 Å². The summed E-state index contributed by atoms with van der Waals surface area (Å²) in [6, 6.07) is 16.2. The van der Waals surface area contributed by atoms with Gasteiger partial charge in [0.2, 0.25) is 0 Å². The van der Waals surface area contributed by atoms with Crippen LogP contribution in [0, 0.1) is 24.6 Å². The highest BCUT2D eigenvalue weighted by molar-refractivity contribution is 7.39. The fraction of sp³-hybridized carbons (Fsp3) is 0.286. The molecule has 0 amide bonds. The Bertz CT molecular complexity index is 1330. The number of halogens is 1. The number of aliphatic hydroxyl groups excluding tert-OH is 1. The zero-order chi connectivity index (χ0) is 25.7. The highest BCUT2D eigenvalue weighted by Crippen LogP contribution is 2.45. The quantitative estimate of drug-likeness (QED) is 0.297. The molecule has 1 aliphatic carbocycles. The van der Waals surface area contributed by atoms with Crippen LogP contribution in [-0.4, -0.2) is 40.0 Å². The molecule has 2 aromatic carbocycles. The molecule has 0 spiro atoms. The first-order valence-corrected chi connectivity index (χ1v) is 13.3. The number of rotatable bonds is 9. The second-order valence-corrected chi connectivity index (χ2v) is 10.2. The molecular formula is C28H27FNO5P. The minimum absolute atomic E-state index is 0.135. The number of pyridine rings is 1. The van der Waals surface area contributed by atoms with Crippen molar-refractivity contribution in [3.8, 4) is 34.2 Å². The Kier molecular flexibility index (Phi) is 8.32. The van der Waals surface area contributed by atoms with Gasteiger partial charge in [0, 0.05) is 23.2 Å². The summed E-state index contributed by atoms with van der Waals surface area (Å²) in [5, 5.41) is 18.4. The summed E-state index contributed by atoms with van der Waals surface area (Å²) in [7, 11) is -2.64. The van der Waals surface area contributed by atoms with E-state index in [1.165, 1.54) is 12.1 Å². The van der Waals surface area contributed by atoms with Crippen molar-refractivity contribution in [2.24, 2.45) is 0 Å². The third-order valence-corrected chi connectivity index (χ3v) is 7.21. The summed E-state index contributed by atoms with van der Waals surface area (Å²) >= 11 is 0. The van der Waals surface area contributed by atoms with Crippen LogP contribution in [0.2, 0.25) is 0 Å². The molecule has 186 valence electrons. The Morgan fingerprint density at radius 2 is 1.86 bits per heavy atom. The van der Waals surface area contributed by atoms with E-state index in [0.29, 0.717) is 0 Å². The number of aliphatic hydroxyl groups is 1. The molecule has 1 saturated carbocycles. The molecule has 1 heterocycles. The summed E-state index contributed by atoms with van der Waals surface area (Å²) in [4.78, 5) is 15.7. The second kappa shape index (κ2) is 11.6. The van der Waals surface area contributed by atoms with Gasteiger partial charge in [-0.1, -0.05) is 54.3 Å². The van der Waals surface area contributed by atoms with Crippen molar-refractivity contribution in [3.05, 3.63) is 77.2 Å². The van der Waals surface area contributed by atoms with Gasteiger partial charge in [0.25, 0.3) is 0 Å². The van der Waals surface area contributed by atoms with Crippen LogP contribution in [0.15, 0.2) is 54.6 Å². The lowest BCUT2D eigenvalue weighted by Gasteiger charge is -2.18. The zero-order valence-electron chi connectivity index (χ0n) is 19.8. The molecule has 36 heavy (non-hydrogen) atoms. The first kappa shape index (κ1) is 25.8. The normalized spacial score (nSPS) is 14.5. The van der Waals surface area contributed by atoms with Crippen LogP contribution in [0.5, 0.6) is 0 Å². The van der Waals surface area contributed by atoms with Crippen molar-refractivity contribution < 1.29 is 28.5 Å². The van der Waals surface area contributed by atoms with Crippen LogP contribution in [-0.2, 0) is 13.9 Å². The molecular weight excluding hydrogens is 480 g/mol. The number of hydrogen-bond donors (Lipinski definition) is 2. The molecule has 0 radical (unpaired) electrons. The summed E-state index contributed by atoms with van der Waals surface area (Å²) in [5.74, 6) is 4.87. The summed E-state index contributed by atoms with van der Waals surface area (Å²) in [5.41, 5.74) is 6.10. The summed E-state index contributed by atoms with van der Waals surface area (Å²) in [6.07, 6.45) is 0.0571. The molecule has 3 aromatic rings. The third kappa shape index (κ3) is 6.47. The molecule has 6 nitrogen and oxygen atoms in total. The van der Waals surface area contributed by atoms with Crippen molar-refractivity contribution in [2.45, 2.75) is 38.2 Å². The van der Waals surface area contributed by atoms with Crippen LogP contribution in [0.1, 0.15) is 42.0 Å². The summed E-state index contributed by atoms with van der Waals surface area (Å²) < 4.78 is 31.1. The van der Waals surface area contributed by atoms with Crippen LogP contribution in [0.25, 0.3) is 22.4 Å². The van der Waals surface area contributed by atoms with Gasteiger partial charge in [-0.15, -0.1) is 0 Å². The molecule has 4 rings (SSSR count).